The van der Waals surface area contributed by atoms with Crippen molar-refractivity contribution in [1.29, 1.82) is 0 Å². The van der Waals surface area contributed by atoms with Crippen molar-refractivity contribution in [3.63, 3.8) is 0 Å². The van der Waals surface area contributed by atoms with Crippen LogP contribution in [0.5, 0.6) is 11.5 Å². The summed E-state index contributed by atoms with van der Waals surface area (Å²) in [6, 6.07) is 18.1. The van der Waals surface area contributed by atoms with E-state index in [0.29, 0.717) is 11.1 Å². The number of carboxylic acid groups (broad SMARTS) is 1. The first-order chi connectivity index (χ1) is 13.8. The Morgan fingerprint density at radius 1 is 0.966 bits per heavy atom. The van der Waals surface area contributed by atoms with E-state index in [1.807, 2.05) is 0 Å². The van der Waals surface area contributed by atoms with Crippen LogP contribution in [0.25, 0.3) is 11.1 Å². The molecule has 0 heterocycles. The molecule has 0 aliphatic carbocycles. The van der Waals surface area contributed by atoms with Gasteiger partial charge in [0.1, 0.15) is 23.7 Å². The standard InChI is InChI=1S/C22H20O6S/c1-15-7-5-6-10-19(15)29(26,27)14-13-28-18-12-11-17(22(24)25)21(23)20(18)16-8-3-2-4-9-16/h2-12,23H,13-14H2,1H3,(H,24,25). The molecule has 3 aromatic rings. The van der Waals surface area contributed by atoms with E-state index in [1.54, 1.807) is 61.5 Å². The molecule has 0 saturated heterocycles. The van der Waals surface area contributed by atoms with Gasteiger partial charge < -0.3 is 14.9 Å². The number of phenols is 1. The number of carboxylic acids is 1. The van der Waals surface area contributed by atoms with E-state index in [-0.39, 0.29) is 34.1 Å². The summed E-state index contributed by atoms with van der Waals surface area (Å²) < 4.78 is 30.9. The number of hydrogen-bond donors (Lipinski definition) is 2. The predicted octanol–water partition coefficient (Wildman–Crippen LogP) is 3.92. The Labute approximate surface area is 168 Å². The van der Waals surface area contributed by atoms with Crippen molar-refractivity contribution in [2.75, 3.05) is 12.4 Å². The lowest BCUT2D eigenvalue weighted by Gasteiger charge is -2.15. The normalized spacial score (nSPS) is 11.2. The van der Waals surface area contributed by atoms with Crippen LogP contribution in [0.1, 0.15) is 15.9 Å². The molecular weight excluding hydrogens is 392 g/mol. The number of rotatable bonds is 7. The highest BCUT2D eigenvalue weighted by Crippen LogP contribution is 2.40. The van der Waals surface area contributed by atoms with Crippen LogP contribution in [-0.2, 0) is 9.84 Å². The van der Waals surface area contributed by atoms with Gasteiger partial charge in [0.2, 0.25) is 0 Å². The van der Waals surface area contributed by atoms with Crippen LogP contribution in [-0.4, -0.2) is 37.0 Å². The second-order valence-corrected chi connectivity index (χ2v) is 8.52. The van der Waals surface area contributed by atoms with Crippen LogP contribution in [0.15, 0.2) is 71.6 Å². The number of aromatic carboxylic acids is 1. The highest BCUT2D eigenvalue weighted by molar-refractivity contribution is 7.91. The maximum absolute atomic E-state index is 12.6. The number of aryl methyl sites for hydroxylation is 1. The van der Waals surface area contributed by atoms with Gasteiger partial charge in [0.15, 0.2) is 9.84 Å². The summed E-state index contributed by atoms with van der Waals surface area (Å²) in [6.07, 6.45) is 0. The molecule has 0 aliphatic heterocycles. The van der Waals surface area contributed by atoms with Gasteiger partial charge in [0.25, 0.3) is 0 Å². The van der Waals surface area contributed by atoms with Gasteiger partial charge >= 0.3 is 5.97 Å². The molecule has 0 spiro atoms. The van der Waals surface area contributed by atoms with Gasteiger partial charge in [-0.2, -0.15) is 0 Å². The van der Waals surface area contributed by atoms with Crippen molar-refractivity contribution < 1.29 is 28.2 Å². The Kier molecular flexibility index (Phi) is 5.89. The lowest BCUT2D eigenvalue weighted by Crippen LogP contribution is -2.15. The number of sulfone groups is 1. The van der Waals surface area contributed by atoms with Gasteiger partial charge in [-0.3, -0.25) is 0 Å². The van der Waals surface area contributed by atoms with Gasteiger partial charge in [0.05, 0.1) is 16.2 Å². The number of benzene rings is 3. The minimum Gasteiger partial charge on any atom is -0.506 e. The molecule has 0 bridgehead atoms. The number of aromatic hydroxyl groups is 1. The molecule has 0 aliphatic rings. The average Bonchev–Trinajstić information content (AvgIpc) is 2.68. The molecule has 2 N–H and O–H groups in total. The van der Waals surface area contributed by atoms with Gasteiger partial charge in [-0.05, 0) is 36.2 Å². The summed E-state index contributed by atoms with van der Waals surface area (Å²) in [5, 5.41) is 19.8. The molecule has 0 unspecified atom stereocenters. The third kappa shape index (κ3) is 4.41. The SMILES string of the molecule is Cc1ccccc1S(=O)(=O)CCOc1ccc(C(=O)O)c(O)c1-c1ccccc1. The average molecular weight is 412 g/mol. The van der Waals surface area contributed by atoms with E-state index < -0.39 is 21.6 Å². The molecule has 0 amide bonds. The van der Waals surface area contributed by atoms with Crippen molar-refractivity contribution in [2.45, 2.75) is 11.8 Å². The first-order valence-electron chi connectivity index (χ1n) is 8.87. The van der Waals surface area contributed by atoms with Gasteiger partial charge in [-0.15, -0.1) is 0 Å². The summed E-state index contributed by atoms with van der Waals surface area (Å²) >= 11 is 0. The van der Waals surface area contributed by atoms with Gasteiger partial charge in [-0.25, -0.2) is 13.2 Å². The number of hydrogen-bond acceptors (Lipinski definition) is 5. The first kappa shape index (κ1) is 20.4. The molecule has 29 heavy (non-hydrogen) atoms. The van der Waals surface area contributed by atoms with Gasteiger partial charge in [0, 0.05) is 0 Å². The molecule has 0 aromatic heterocycles. The van der Waals surface area contributed by atoms with Crippen LogP contribution in [0.3, 0.4) is 0 Å². The lowest BCUT2D eigenvalue weighted by atomic mass is 10.00. The highest BCUT2D eigenvalue weighted by atomic mass is 32.2. The fourth-order valence-corrected chi connectivity index (χ4v) is 4.39. The summed E-state index contributed by atoms with van der Waals surface area (Å²) in [5.41, 5.74) is 1.16. The molecule has 7 heteroatoms. The zero-order valence-electron chi connectivity index (χ0n) is 15.7. The molecule has 0 fully saturated rings. The molecule has 0 saturated carbocycles. The van der Waals surface area contributed by atoms with E-state index in [4.69, 9.17) is 4.74 Å². The third-order valence-corrected chi connectivity index (χ3v) is 6.30. The molecule has 0 atom stereocenters. The minimum absolute atomic E-state index is 0.150. The Morgan fingerprint density at radius 2 is 1.62 bits per heavy atom. The molecule has 150 valence electrons. The predicted molar refractivity (Wildman–Crippen MR) is 109 cm³/mol. The minimum atomic E-state index is -3.55. The maximum Gasteiger partial charge on any atom is 0.339 e. The van der Waals surface area contributed by atoms with E-state index >= 15 is 0 Å². The first-order valence-corrected chi connectivity index (χ1v) is 10.5. The van der Waals surface area contributed by atoms with Crippen molar-refractivity contribution in [3.05, 3.63) is 77.9 Å². The van der Waals surface area contributed by atoms with Crippen molar-refractivity contribution in [1.82, 2.24) is 0 Å². The van der Waals surface area contributed by atoms with Gasteiger partial charge in [-0.1, -0.05) is 48.5 Å². The lowest BCUT2D eigenvalue weighted by molar-refractivity contribution is 0.0693. The molecule has 3 aromatic carbocycles. The van der Waals surface area contributed by atoms with E-state index in [2.05, 4.69) is 0 Å². The maximum atomic E-state index is 12.6. The topological polar surface area (TPSA) is 101 Å². The summed E-state index contributed by atoms with van der Waals surface area (Å²) in [4.78, 5) is 11.6. The Hall–Kier alpha value is -3.32. The smallest absolute Gasteiger partial charge is 0.339 e. The second kappa shape index (κ2) is 8.36. The van der Waals surface area contributed by atoms with Crippen molar-refractivity contribution in [3.8, 4) is 22.6 Å². The zero-order chi connectivity index (χ0) is 21.0. The van der Waals surface area contributed by atoms with Crippen LogP contribution in [0, 0.1) is 6.92 Å². The molecule has 0 radical (unpaired) electrons. The van der Waals surface area contributed by atoms with E-state index in [1.165, 1.54) is 12.1 Å². The van der Waals surface area contributed by atoms with E-state index in [0.717, 1.165) is 0 Å². The fraction of sp³-hybridized carbons (Fsp3) is 0.136. The van der Waals surface area contributed by atoms with Crippen molar-refractivity contribution >= 4 is 15.8 Å². The summed E-state index contributed by atoms with van der Waals surface area (Å²) in [6.45, 7) is 1.58. The largest absolute Gasteiger partial charge is 0.506 e. The number of ether oxygens (including phenoxy) is 1. The number of carbonyl (C=O) groups is 1. The zero-order valence-corrected chi connectivity index (χ0v) is 16.5. The van der Waals surface area contributed by atoms with E-state index in [9.17, 15) is 23.4 Å². The fourth-order valence-electron chi connectivity index (χ4n) is 3.03. The Bertz CT molecular complexity index is 1140. The summed E-state index contributed by atoms with van der Waals surface area (Å²) in [5.74, 6) is -1.75. The Morgan fingerprint density at radius 3 is 2.28 bits per heavy atom. The van der Waals surface area contributed by atoms with Crippen LogP contribution < -0.4 is 4.74 Å². The second-order valence-electron chi connectivity index (χ2n) is 6.44. The quantitative estimate of drug-likeness (QED) is 0.610. The van der Waals surface area contributed by atoms with Crippen LogP contribution in [0.2, 0.25) is 0 Å². The molecule has 6 nitrogen and oxygen atoms in total. The van der Waals surface area contributed by atoms with Crippen LogP contribution >= 0.6 is 0 Å². The molecular formula is C22H20O6S. The monoisotopic (exact) mass is 412 g/mol. The Balaban J connectivity index is 1.89. The summed E-state index contributed by atoms with van der Waals surface area (Å²) in [7, 11) is -3.55. The van der Waals surface area contributed by atoms with Crippen molar-refractivity contribution in [2.24, 2.45) is 0 Å². The molecule has 3 rings (SSSR count). The van der Waals surface area contributed by atoms with Crippen LogP contribution in [0.4, 0.5) is 0 Å². The third-order valence-electron chi connectivity index (χ3n) is 4.47. The highest BCUT2D eigenvalue weighted by Gasteiger charge is 2.21.